The Morgan fingerprint density at radius 2 is 2.00 bits per heavy atom. The number of aromatic nitrogens is 5. The van der Waals surface area contributed by atoms with Crippen LogP contribution in [-0.2, 0) is 6.54 Å². The third kappa shape index (κ3) is 2.97. The van der Waals surface area contributed by atoms with Crippen LogP contribution in [0.4, 0.5) is 0 Å². The lowest BCUT2D eigenvalue weighted by Crippen LogP contribution is -2.23. The predicted octanol–water partition coefficient (Wildman–Crippen LogP) is 2.02. The lowest BCUT2D eigenvalue weighted by Gasteiger charge is -2.04. The fourth-order valence-corrected chi connectivity index (χ4v) is 2.45. The van der Waals surface area contributed by atoms with Crippen LogP contribution < -0.4 is 5.32 Å². The molecule has 124 valence electrons. The molecule has 4 rings (SSSR count). The first kappa shape index (κ1) is 15.0. The number of nitrogens with one attached hydrogen (secondary N) is 1. The largest absolute Gasteiger partial charge is 0.345 e. The second-order valence-electron chi connectivity index (χ2n) is 5.45. The SMILES string of the molecule is Cc1noc(-c2ccc(C(=O)NCc3nnc4ccccn34)cc2)n1. The molecule has 0 aliphatic heterocycles. The summed E-state index contributed by atoms with van der Waals surface area (Å²) in [5.74, 6) is 1.47. The molecule has 1 N–H and O–H groups in total. The molecule has 8 heteroatoms. The van der Waals surface area contributed by atoms with Gasteiger partial charge in [-0.25, -0.2) is 0 Å². The highest BCUT2D eigenvalue weighted by Gasteiger charge is 2.11. The van der Waals surface area contributed by atoms with Gasteiger partial charge < -0.3 is 9.84 Å². The molecule has 0 saturated carbocycles. The van der Waals surface area contributed by atoms with Gasteiger partial charge in [-0.1, -0.05) is 11.2 Å². The maximum Gasteiger partial charge on any atom is 0.257 e. The highest BCUT2D eigenvalue weighted by atomic mass is 16.5. The first-order chi connectivity index (χ1) is 12.2. The van der Waals surface area contributed by atoms with Crippen molar-refractivity contribution in [3.63, 3.8) is 0 Å². The van der Waals surface area contributed by atoms with Gasteiger partial charge >= 0.3 is 0 Å². The Labute approximate surface area is 142 Å². The van der Waals surface area contributed by atoms with Crippen molar-refractivity contribution in [3.05, 3.63) is 65.9 Å². The smallest absolute Gasteiger partial charge is 0.257 e. The summed E-state index contributed by atoms with van der Waals surface area (Å²) in [5, 5.41) is 14.7. The topological polar surface area (TPSA) is 98.2 Å². The van der Waals surface area contributed by atoms with Crippen molar-refractivity contribution >= 4 is 11.6 Å². The fraction of sp³-hybridized carbons (Fsp3) is 0.118. The van der Waals surface area contributed by atoms with Crippen molar-refractivity contribution in [3.8, 4) is 11.5 Å². The second-order valence-corrected chi connectivity index (χ2v) is 5.45. The molecule has 3 heterocycles. The first-order valence-corrected chi connectivity index (χ1v) is 7.68. The van der Waals surface area contributed by atoms with Crippen LogP contribution in [0.5, 0.6) is 0 Å². The van der Waals surface area contributed by atoms with E-state index in [9.17, 15) is 4.79 Å². The summed E-state index contributed by atoms with van der Waals surface area (Å²) in [6.45, 7) is 2.04. The van der Waals surface area contributed by atoms with Crippen molar-refractivity contribution in [2.24, 2.45) is 0 Å². The molecule has 4 aromatic rings. The Balaban J connectivity index is 1.46. The second kappa shape index (κ2) is 6.16. The van der Waals surface area contributed by atoms with E-state index in [2.05, 4.69) is 25.7 Å². The molecule has 25 heavy (non-hydrogen) atoms. The van der Waals surface area contributed by atoms with Crippen LogP contribution in [0.15, 0.2) is 53.2 Å². The minimum atomic E-state index is -0.194. The normalized spacial score (nSPS) is 10.9. The summed E-state index contributed by atoms with van der Waals surface area (Å²) < 4.78 is 6.94. The fourth-order valence-electron chi connectivity index (χ4n) is 2.45. The van der Waals surface area contributed by atoms with Crippen LogP contribution in [0.1, 0.15) is 22.0 Å². The highest BCUT2D eigenvalue weighted by Crippen LogP contribution is 2.17. The summed E-state index contributed by atoms with van der Waals surface area (Å²) >= 11 is 0. The van der Waals surface area contributed by atoms with Gasteiger partial charge in [0.05, 0.1) is 6.54 Å². The monoisotopic (exact) mass is 334 g/mol. The Bertz CT molecular complexity index is 1030. The van der Waals surface area contributed by atoms with E-state index in [1.54, 1.807) is 31.2 Å². The summed E-state index contributed by atoms with van der Waals surface area (Å²) in [4.78, 5) is 16.5. The predicted molar refractivity (Wildman–Crippen MR) is 88.6 cm³/mol. The van der Waals surface area contributed by atoms with E-state index in [4.69, 9.17) is 4.52 Å². The third-order valence-electron chi connectivity index (χ3n) is 3.71. The van der Waals surface area contributed by atoms with E-state index in [-0.39, 0.29) is 12.5 Å². The lowest BCUT2D eigenvalue weighted by molar-refractivity contribution is 0.0950. The molecule has 0 aliphatic carbocycles. The molecular formula is C17H14N6O2. The Hall–Kier alpha value is -3.55. The van der Waals surface area contributed by atoms with Crippen LogP contribution >= 0.6 is 0 Å². The van der Waals surface area contributed by atoms with E-state index in [0.717, 1.165) is 11.2 Å². The van der Waals surface area contributed by atoms with E-state index in [1.807, 2.05) is 28.8 Å². The number of pyridine rings is 1. The summed E-state index contributed by atoms with van der Waals surface area (Å²) in [6.07, 6.45) is 1.86. The van der Waals surface area contributed by atoms with E-state index < -0.39 is 0 Å². The number of benzene rings is 1. The summed E-state index contributed by atoms with van der Waals surface area (Å²) in [5.41, 5.74) is 2.04. The zero-order valence-corrected chi connectivity index (χ0v) is 13.4. The van der Waals surface area contributed by atoms with Crippen LogP contribution in [-0.4, -0.2) is 30.6 Å². The number of nitrogens with zero attached hydrogens (tertiary/aromatic N) is 5. The molecule has 0 radical (unpaired) electrons. The van der Waals surface area contributed by atoms with Crippen molar-refractivity contribution in [2.45, 2.75) is 13.5 Å². The number of carbonyl (C=O) groups is 1. The molecule has 0 spiro atoms. The van der Waals surface area contributed by atoms with Gasteiger partial charge in [-0.2, -0.15) is 4.98 Å². The number of rotatable bonds is 4. The first-order valence-electron chi connectivity index (χ1n) is 7.68. The standard InChI is InChI=1S/C17H14N6O2/c1-11-19-17(25-22-11)13-7-5-12(6-8-13)16(24)18-10-15-21-20-14-4-2-3-9-23(14)15/h2-9H,10H2,1H3,(H,18,24). The average molecular weight is 334 g/mol. The number of hydrogen-bond acceptors (Lipinski definition) is 6. The maximum atomic E-state index is 12.3. The van der Waals surface area contributed by atoms with Gasteiger partial charge in [0, 0.05) is 17.3 Å². The van der Waals surface area contributed by atoms with Crippen LogP contribution in [0.3, 0.4) is 0 Å². The Morgan fingerprint density at radius 1 is 1.16 bits per heavy atom. The Kier molecular flexibility index (Phi) is 3.70. The van der Waals surface area contributed by atoms with Gasteiger partial charge in [0.2, 0.25) is 0 Å². The van der Waals surface area contributed by atoms with E-state index >= 15 is 0 Å². The van der Waals surface area contributed by atoms with Crippen LogP contribution in [0, 0.1) is 6.92 Å². The molecule has 0 aliphatic rings. The molecule has 1 amide bonds. The van der Waals surface area contributed by atoms with Crippen molar-refractivity contribution in [1.29, 1.82) is 0 Å². The van der Waals surface area contributed by atoms with Crippen LogP contribution in [0.2, 0.25) is 0 Å². The molecule has 0 bridgehead atoms. The molecule has 0 fully saturated rings. The van der Waals surface area contributed by atoms with Gasteiger partial charge in [-0.05, 0) is 43.3 Å². The van der Waals surface area contributed by atoms with E-state index in [0.29, 0.717) is 23.1 Å². The minimum Gasteiger partial charge on any atom is -0.345 e. The van der Waals surface area contributed by atoms with Gasteiger partial charge in [0.25, 0.3) is 11.8 Å². The van der Waals surface area contributed by atoms with E-state index in [1.165, 1.54) is 0 Å². The van der Waals surface area contributed by atoms with Crippen molar-refractivity contribution < 1.29 is 9.32 Å². The molecule has 3 aromatic heterocycles. The highest BCUT2D eigenvalue weighted by molar-refractivity contribution is 5.94. The number of carbonyl (C=O) groups excluding carboxylic acids is 1. The van der Waals surface area contributed by atoms with Crippen LogP contribution in [0.25, 0.3) is 17.1 Å². The zero-order chi connectivity index (χ0) is 17.2. The average Bonchev–Trinajstić information content (AvgIpc) is 3.26. The minimum absolute atomic E-state index is 0.194. The molecule has 0 unspecified atom stereocenters. The Morgan fingerprint density at radius 3 is 2.76 bits per heavy atom. The summed E-state index contributed by atoms with van der Waals surface area (Å²) in [7, 11) is 0. The number of fused-ring (bicyclic) bond motifs is 1. The van der Waals surface area contributed by atoms with Gasteiger partial charge in [-0.3, -0.25) is 9.20 Å². The zero-order valence-electron chi connectivity index (χ0n) is 13.4. The van der Waals surface area contributed by atoms with Crippen molar-refractivity contribution in [1.82, 2.24) is 30.1 Å². The number of hydrogen-bond donors (Lipinski definition) is 1. The van der Waals surface area contributed by atoms with Gasteiger partial charge in [0.1, 0.15) is 0 Å². The third-order valence-corrected chi connectivity index (χ3v) is 3.71. The number of amides is 1. The lowest BCUT2D eigenvalue weighted by atomic mass is 10.1. The van der Waals surface area contributed by atoms with Crippen molar-refractivity contribution in [2.75, 3.05) is 0 Å². The molecular weight excluding hydrogens is 320 g/mol. The molecule has 0 atom stereocenters. The van der Waals surface area contributed by atoms with Gasteiger partial charge in [-0.15, -0.1) is 10.2 Å². The molecule has 8 nitrogen and oxygen atoms in total. The maximum absolute atomic E-state index is 12.3. The summed E-state index contributed by atoms with van der Waals surface area (Å²) in [6, 6.07) is 12.6. The molecule has 1 aromatic carbocycles. The quantitative estimate of drug-likeness (QED) is 0.613. The van der Waals surface area contributed by atoms with Gasteiger partial charge in [0.15, 0.2) is 17.3 Å². The number of aryl methyl sites for hydroxylation is 1. The molecule has 0 saturated heterocycles.